The standard InChI is InChI=1S/C21H23NO4S/c1-16(2)27(24,25)19-12-10-17(11-13-19)15-21(23)22-14-6-8-18-7-4-5-9-20(18)26-3/h4-5,7,9-13,16H,14-15H2,1-3H3,(H,22,23). The van der Waals surface area contributed by atoms with Gasteiger partial charge in [0.25, 0.3) is 0 Å². The molecule has 1 N–H and O–H groups in total. The summed E-state index contributed by atoms with van der Waals surface area (Å²) in [5, 5.41) is 2.25. The van der Waals surface area contributed by atoms with E-state index in [9.17, 15) is 13.2 Å². The fourth-order valence-electron chi connectivity index (χ4n) is 2.35. The molecule has 0 aromatic heterocycles. The predicted molar refractivity (Wildman–Crippen MR) is 105 cm³/mol. The highest BCUT2D eigenvalue weighted by Crippen LogP contribution is 2.17. The number of methoxy groups -OCH3 is 1. The van der Waals surface area contributed by atoms with Gasteiger partial charge in [0.15, 0.2) is 9.84 Å². The van der Waals surface area contributed by atoms with Crippen LogP contribution < -0.4 is 10.1 Å². The lowest BCUT2D eigenvalue weighted by atomic mass is 10.1. The average molecular weight is 385 g/mol. The van der Waals surface area contributed by atoms with Gasteiger partial charge in [0.1, 0.15) is 5.75 Å². The summed E-state index contributed by atoms with van der Waals surface area (Å²) in [5.74, 6) is 6.37. The van der Waals surface area contributed by atoms with Gasteiger partial charge in [-0.25, -0.2) is 8.42 Å². The first kappa shape index (κ1) is 20.5. The zero-order valence-corrected chi connectivity index (χ0v) is 16.5. The minimum atomic E-state index is -3.30. The van der Waals surface area contributed by atoms with Crippen LogP contribution in [0.3, 0.4) is 0 Å². The monoisotopic (exact) mass is 385 g/mol. The number of rotatable bonds is 6. The Labute approximate surface area is 160 Å². The van der Waals surface area contributed by atoms with Crippen molar-refractivity contribution in [3.8, 4) is 17.6 Å². The van der Waals surface area contributed by atoms with Crippen LogP contribution in [0.4, 0.5) is 0 Å². The molecule has 0 fully saturated rings. The summed E-state index contributed by atoms with van der Waals surface area (Å²) in [6.45, 7) is 3.50. The number of para-hydroxylation sites is 1. The van der Waals surface area contributed by atoms with Crippen molar-refractivity contribution in [1.82, 2.24) is 5.32 Å². The second-order valence-corrected chi connectivity index (χ2v) is 8.70. The van der Waals surface area contributed by atoms with Crippen molar-refractivity contribution in [2.24, 2.45) is 0 Å². The number of carbonyl (C=O) groups is 1. The third kappa shape index (κ3) is 5.60. The van der Waals surface area contributed by atoms with Gasteiger partial charge in [0.05, 0.1) is 35.8 Å². The molecule has 6 heteroatoms. The van der Waals surface area contributed by atoms with Crippen LogP contribution in [0.2, 0.25) is 0 Å². The lowest BCUT2D eigenvalue weighted by molar-refractivity contribution is -0.120. The molecule has 0 unspecified atom stereocenters. The van der Waals surface area contributed by atoms with E-state index in [0.717, 1.165) is 11.1 Å². The summed E-state index contributed by atoms with van der Waals surface area (Å²) < 4.78 is 29.4. The van der Waals surface area contributed by atoms with Crippen molar-refractivity contribution in [1.29, 1.82) is 0 Å². The van der Waals surface area contributed by atoms with Gasteiger partial charge in [0.2, 0.25) is 5.91 Å². The maximum atomic E-state index is 12.1. The molecule has 0 spiro atoms. The van der Waals surface area contributed by atoms with Crippen LogP contribution in [0.5, 0.6) is 5.75 Å². The number of sulfone groups is 1. The lowest BCUT2D eigenvalue weighted by Crippen LogP contribution is -2.25. The normalized spacial score (nSPS) is 10.8. The first-order valence-electron chi connectivity index (χ1n) is 8.56. The molecule has 0 aliphatic carbocycles. The molecule has 2 aromatic carbocycles. The van der Waals surface area contributed by atoms with Gasteiger partial charge in [-0.3, -0.25) is 4.79 Å². The van der Waals surface area contributed by atoms with E-state index in [2.05, 4.69) is 17.2 Å². The van der Waals surface area contributed by atoms with Crippen molar-refractivity contribution >= 4 is 15.7 Å². The fourth-order valence-corrected chi connectivity index (χ4v) is 3.41. The van der Waals surface area contributed by atoms with E-state index < -0.39 is 15.1 Å². The summed E-state index contributed by atoms with van der Waals surface area (Å²) in [6, 6.07) is 13.8. The number of hydrogen-bond acceptors (Lipinski definition) is 4. The predicted octanol–water partition coefficient (Wildman–Crippen LogP) is 2.59. The Kier molecular flexibility index (Phi) is 7.03. The highest BCUT2D eigenvalue weighted by molar-refractivity contribution is 7.92. The van der Waals surface area contributed by atoms with Crippen LogP contribution in [0.25, 0.3) is 0 Å². The molecule has 0 atom stereocenters. The van der Waals surface area contributed by atoms with E-state index in [1.165, 1.54) is 0 Å². The molecule has 2 aromatic rings. The van der Waals surface area contributed by atoms with Crippen LogP contribution in [0, 0.1) is 11.8 Å². The Balaban J connectivity index is 1.91. The average Bonchev–Trinajstić information content (AvgIpc) is 2.66. The third-order valence-electron chi connectivity index (χ3n) is 3.94. The maximum absolute atomic E-state index is 12.1. The molecule has 0 radical (unpaired) electrons. The molecule has 0 heterocycles. The fraction of sp³-hybridized carbons (Fsp3) is 0.286. The largest absolute Gasteiger partial charge is 0.495 e. The van der Waals surface area contributed by atoms with E-state index >= 15 is 0 Å². The Morgan fingerprint density at radius 1 is 1.11 bits per heavy atom. The van der Waals surface area contributed by atoms with Gasteiger partial charge in [-0.15, -0.1) is 0 Å². The molecule has 5 nitrogen and oxygen atoms in total. The first-order chi connectivity index (χ1) is 12.8. The molecule has 2 rings (SSSR count). The van der Waals surface area contributed by atoms with Crippen molar-refractivity contribution in [2.75, 3.05) is 13.7 Å². The van der Waals surface area contributed by atoms with Crippen LogP contribution in [-0.4, -0.2) is 33.2 Å². The highest BCUT2D eigenvalue weighted by atomic mass is 32.2. The first-order valence-corrected chi connectivity index (χ1v) is 10.1. The summed E-state index contributed by atoms with van der Waals surface area (Å²) in [5.41, 5.74) is 1.50. The second-order valence-electron chi connectivity index (χ2n) is 6.19. The summed E-state index contributed by atoms with van der Waals surface area (Å²) in [7, 11) is -1.72. The number of hydrogen-bond donors (Lipinski definition) is 1. The molecule has 0 saturated carbocycles. The Morgan fingerprint density at radius 3 is 2.41 bits per heavy atom. The molecular weight excluding hydrogens is 362 g/mol. The summed E-state index contributed by atoms with van der Waals surface area (Å²) in [6.07, 6.45) is 0.165. The number of ether oxygens (including phenoxy) is 1. The zero-order valence-electron chi connectivity index (χ0n) is 15.7. The number of benzene rings is 2. The molecule has 0 bridgehead atoms. The maximum Gasteiger partial charge on any atom is 0.225 e. The smallest absolute Gasteiger partial charge is 0.225 e. The quantitative estimate of drug-likeness (QED) is 0.776. The number of nitrogens with one attached hydrogen (secondary N) is 1. The van der Waals surface area contributed by atoms with Crippen LogP contribution >= 0.6 is 0 Å². The molecule has 0 aliphatic rings. The van der Waals surface area contributed by atoms with Gasteiger partial charge < -0.3 is 10.1 Å². The molecule has 1 amide bonds. The molecular formula is C21H23NO4S. The Morgan fingerprint density at radius 2 is 1.78 bits per heavy atom. The van der Waals surface area contributed by atoms with E-state index in [-0.39, 0.29) is 23.8 Å². The van der Waals surface area contributed by atoms with Crippen molar-refractivity contribution in [3.63, 3.8) is 0 Å². The van der Waals surface area contributed by atoms with Crippen LogP contribution in [-0.2, 0) is 21.1 Å². The van der Waals surface area contributed by atoms with Crippen LogP contribution in [0.1, 0.15) is 25.0 Å². The minimum absolute atomic E-state index is 0.165. The van der Waals surface area contributed by atoms with Crippen molar-refractivity contribution in [2.45, 2.75) is 30.4 Å². The molecule has 27 heavy (non-hydrogen) atoms. The number of carbonyl (C=O) groups excluding carboxylic acids is 1. The Bertz CT molecular complexity index is 952. The lowest BCUT2D eigenvalue weighted by Gasteiger charge is -2.08. The second kappa shape index (κ2) is 9.24. The zero-order chi connectivity index (χ0) is 19.9. The Hall–Kier alpha value is -2.78. The van der Waals surface area contributed by atoms with Crippen LogP contribution in [0.15, 0.2) is 53.4 Å². The molecule has 142 valence electrons. The SMILES string of the molecule is COc1ccccc1C#CCNC(=O)Cc1ccc(S(=O)(=O)C(C)C)cc1. The van der Waals surface area contributed by atoms with Gasteiger partial charge in [-0.1, -0.05) is 36.1 Å². The van der Waals surface area contributed by atoms with Gasteiger partial charge >= 0.3 is 0 Å². The van der Waals surface area contributed by atoms with Crippen molar-refractivity contribution in [3.05, 3.63) is 59.7 Å². The molecule has 0 aliphatic heterocycles. The highest BCUT2D eigenvalue weighted by Gasteiger charge is 2.18. The van der Waals surface area contributed by atoms with Gasteiger partial charge in [0, 0.05) is 0 Å². The van der Waals surface area contributed by atoms with Gasteiger partial charge in [-0.2, -0.15) is 0 Å². The van der Waals surface area contributed by atoms with E-state index in [1.807, 2.05) is 24.3 Å². The van der Waals surface area contributed by atoms with Crippen molar-refractivity contribution < 1.29 is 17.9 Å². The third-order valence-corrected chi connectivity index (χ3v) is 6.11. The van der Waals surface area contributed by atoms with E-state index in [4.69, 9.17) is 4.74 Å². The molecule has 0 saturated heterocycles. The van der Waals surface area contributed by atoms with Gasteiger partial charge in [-0.05, 0) is 43.7 Å². The summed E-state index contributed by atoms with van der Waals surface area (Å²) >= 11 is 0. The topological polar surface area (TPSA) is 72.5 Å². The summed E-state index contributed by atoms with van der Waals surface area (Å²) in [4.78, 5) is 12.3. The number of amides is 1. The van der Waals surface area contributed by atoms with E-state index in [0.29, 0.717) is 5.75 Å². The van der Waals surface area contributed by atoms with E-state index in [1.54, 1.807) is 45.2 Å². The minimum Gasteiger partial charge on any atom is -0.495 e.